The van der Waals surface area contributed by atoms with Crippen LogP contribution in [0.3, 0.4) is 0 Å². The summed E-state index contributed by atoms with van der Waals surface area (Å²) in [7, 11) is -2.26. The van der Waals surface area contributed by atoms with Gasteiger partial charge >= 0.3 is 0 Å². The van der Waals surface area contributed by atoms with Gasteiger partial charge in [-0.15, -0.1) is 0 Å². The van der Waals surface area contributed by atoms with E-state index in [1.807, 2.05) is 11.5 Å². The van der Waals surface area contributed by atoms with Crippen molar-refractivity contribution in [2.24, 2.45) is 5.92 Å². The van der Waals surface area contributed by atoms with Crippen molar-refractivity contribution in [2.45, 2.75) is 62.8 Å². The fraction of sp³-hybridized carbons (Fsp3) is 0.476. The lowest BCUT2D eigenvalue weighted by Gasteiger charge is -2.14. The number of unbranched alkanes of at least 4 members (excludes halogenated alkanes) is 1. The zero-order chi connectivity index (χ0) is 20.5. The summed E-state index contributed by atoms with van der Waals surface area (Å²) in [5, 5.41) is 2.93. The molecule has 1 aliphatic carbocycles. The molecule has 0 aliphatic heterocycles. The van der Waals surface area contributed by atoms with Gasteiger partial charge in [0.1, 0.15) is 16.5 Å². The number of benzene rings is 1. The molecule has 0 bridgehead atoms. The molecule has 2 aromatic rings. The summed E-state index contributed by atoms with van der Waals surface area (Å²) in [6.07, 6.45) is 3.61. The molecule has 1 N–H and O–H groups in total. The van der Waals surface area contributed by atoms with E-state index in [1.54, 1.807) is 31.2 Å². The highest BCUT2D eigenvalue weighted by molar-refractivity contribution is 7.91. The predicted octanol–water partition coefficient (Wildman–Crippen LogP) is 4.09. The summed E-state index contributed by atoms with van der Waals surface area (Å²) in [4.78, 5) is 12.9. The normalized spacial score (nSPS) is 14.1. The van der Waals surface area contributed by atoms with Crippen molar-refractivity contribution in [3.8, 4) is 5.75 Å². The molecule has 28 heavy (non-hydrogen) atoms. The van der Waals surface area contributed by atoms with Crippen molar-refractivity contribution >= 4 is 21.6 Å². The van der Waals surface area contributed by atoms with E-state index in [0.29, 0.717) is 23.7 Å². The lowest BCUT2D eigenvalue weighted by atomic mass is 10.3. The average Bonchev–Trinajstić information content (AvgIpc) is 3.49. The lowest BCUT2D eigenvalue weighted by molar-refractivity contribution is -0.117. The quantitative estimate of drug-likeness (QED) is 0.719. The van der Waals surface area contributed by atoms with Crippen molar-refractivity contribution < 1.29 is 17.9 Å². The molecule has 6 nitrogen and oxygen atoms in total. The minimum Gasteiger partial charge on any atom is -0.497 e. The number of sulfone groups is 1. The highest BCUT2D eigenvalue weighted by Gasteiger charge is 2.34. The summed E-state index contributed by atoms with van der Waals surface area (Å²) >= 11 is 0. The minimum absolute atomic E-state index is 0.00771. The van der Waals surface area contributed by atoms with Gasteiger partial charge in [0.05, 0.1) is 12.0 Å². The first-order valence-corrected chi connectivity index (χ1v) is 11.2. The van der Waals surface area contributed by atoms with E-state index in [0.717, 1.165) is 31.4 Å². The maximum atomic E-state index is 13.5. The number of nitrogens with zero attached hydrogens (tertiary/aromatic N) is 1. The monoisotopic (exact) mass is 404 g/mol. The van der Waals surface area contributed by atoms with Gasteiger partial charge in [-0.3, -0.25) is 4.79 Å². The van der Waals surface area contributed by atoms with Gasteiger partial charge in [-0.25, -0.2) is 8.42 Å². The first-order valence-electron chi connectivity index (χ1n) is 9.71. The highest BCUT2D eigenvalue weighted by Crippen LogP contribution is 2.38. The summed E-state index contributed by atoms with van der Waals surface area (Å²) in [5.74, 6) is 0.888. The number of hydrogen-bond acceptors (Lipinski definition) is 4. The SMILES string of the molecule is CCCCn1c(C)c(C)c(S(=O)(=O)c2ccc(OC)cc2)c1NC(=O)C1CC1. The van der Waals surface area contributed by atoms with E-state index in [9.17, 15) is 13.2 Å². The molecule has 0 spiro atoms. The van der Waals surface area contributed by atoms with Crippen molar-refractivity contribution in [1.29, 1.82) is 0 Å². The van der Waals surface area contributed by atoms with Crippen LogP contribution < -0.4 is 10.1 Å². The standard InChI is InChI=1S/C21H28N2O4S/c1-5-6-13-23-15(3)14(2)19(20(23)22-21(24)16-7-8-16)28(25,26)18-11-9-17(27-4)10-12-18/h9-12,16H,5-8,13H2,1-4H3,(H,22,24). The second-order valence-corrected chi connectivity index (χ2v) is 9.22. The second-order valence-electron chi connectivity index (χ2n) is 7.34. The second kappa shape index (κ2) is 7.99. The largest absolute Gasteiger partial charge is 0.497 e. The van der Waals surface area contributed by atoms with Crippen molar-refractivity contribution in [1.82, 2.24) is 4.57 Å². The Morgan fingerprint density at radius 3 is 2.39 bits per heavy atom. The molecule has 1 aromatic heterocycles. The van der Waals surface area contributed by atoms with Crippen LogP contribution in [-0.4, -0.2) is 26.0 Å². The minimum atomic E-state index is -3.79. The third kappa shape index (κ3) is 3.81. The number of carbonyl (C=O) groups is 1. The molecule has 3 rings (SSSR count). The molecule has 1 fully saturated rings. The molecule has 152 valence electrons. The highest BCUT2D eigenvalue weighted by atomic mass is 32.2. The Morgan fingerprint density at radius 1 is 1.21 bits per heavy atom. The number of aromatic nitrogens is 1. The van der Waals surface area contributed by atoms with Crippen LogP contribution in [0.5, 0.6) is 5.75 Å². The molecule has 1 amide bonds. The molecular formula is C21H28N2O4S. The first-order chi connectivity index (χ1) is 13.3. The maximum absolute atomic E-state index is 13.5. The number of methoxy groups -OCH3 is 1. The van der Waals surface area contributed by atoms with Crippen molar-refractivity contribution in [3.63, 3.8) is 0 Å². The lowest BCUT2D eigenvalue weighted by Crippen LogP contribution is -2.19. The summed E-state index contributed by atoms with van der Waals surface area (Å²) in [5.41, 5.74) is 1.55. The van der Waals surface area contributed by atoms with Gasteiger partial charge in [-0.2, -0.15) is 0 Å². The summed E-state index contributed by atoms with van der Waals surface area (Å²) in [6.45, 7) is 6.47. The molecule has 7 heteroatoms. The zero-order valence-corrected chi connectivity index (χ0v) is 17.7. The van der Waals surface area contributed by atoms with Crippen LogP contribution in [0.25, 0.3) is 0 Å². The zero-order valence-electron chi connectivity index (χ0n) is 16.9. The summed E-state index contributed by atoms with van der Waals surface area (Å²) in [6, 6.07) is 6.34. The number of amides is 1. The van der Waals surface area contributed by atoms with Gasteiger partial charge in [-0.05, 0) is 62.9 Å². The molecule has 0 atom stereocenters. The fourth-order valence-corrected chi connectivity index (χ4v) is 5.02. The van der Waals surface area contributed by atoms with Crippen LogP contribution in [-0.2, 0) is 21.2 Å². The van der Waals surface area contributed by atoms with E-state index in [-0.39, 0.29) is 21.6 Å². The van der Waals surface area contributed by atoms with E-state index < -0.39 is 9.84 Å². The number of carbonyl (C=O) groups excluding carboxylic acids is 1. The van der Waals surface area contributed by atoms with Crippen LogP contribution in [0.2, 0.25) is 0 Å². The Morgan fingerprint density at radius 2 is 1.86 bits per heavy atom. The molecule has 0 saturated heterocycles. The van der Waals surface area contributed by atoms with Gasteiger partial charge in [0.15, 0.2) is 0 Å². The third-order valence-electron chi connectivity index (χ3n) is 5.34. The van der Waals surface area contributed by atoms with E-state index in [2.05, 4.69) is 12.2 Å². The average molecular weight is 405 g/mol. The number of nitrogens with one attached hydrogen (secondary N) is 1. The van der Waals surface area contributed by atoms with Gasteiger partial charge < -0.3 is 14.6 Å². The van der Waals surface area contributed by atoms with E-state index in [4.69, 9.17) is 4.74 Å². The Hall–Kier alpha value is -2.28. The Labute approximate surface area is 166 Å². The maximum Gasteiger partial charge on any atom is 0.228 e. The van der Waals surface area contributed by atoms with Crippen LogP contribution in [0, 0.1) is 19.8 Å². The molecule has 1 aromatic carbocycles. The Kier molecular flexibility index (Phi) is 5.84. The van der Waals surface area contributed by atoms with Gasteiger partial charge in [-0.1, -0.05) is 13.3 Å². The molecule has 1 heterocycles. The van der Waals surface area contributed by atoms with Gasteiger partial charge in [0, 0.05) is 18.2 Å². The van der Waals surface area contributed by atoms with E-state index >= 15 is 0 Å². The number of anilines is 1. The molecule has 0 unspecified atom stereocenters. The smallest absolute Gasteiger partial charge is 0.228 e. The van der Waals surface area contributed by atoms with Crippen LogP contribution in [0.4, 0.5) is 5.82 Å². The molecule has 0 radical (unpaired) electrons. The topological polar surface area (TPSA) is 77.4 Å². The van der Waals surface area contributed by atoms with Crippen molar-refractivity contribution in [3.05, 3.63) is 35.5 Å². The van der Waals surface area contributed by atoms with Gasteiger partial charge in [0.25, 0.3) is 0 Å². The van der Waals surface area contributed by atoms with Gasteiger partial charge in [0.2, 0.25) is 15.7 Å². The van der Waals surface area contributed by atoms with Crippen molar-refractivity contribution in [2.75, 3.05) is 12.4 Å². The first kappa shape index (κ1) is 20.5. The molecule has 1 saturated carbocycles. The number of hydrogen-bond donors (Lipinski definition) is 1. The Balaban J connectivity index is 2.12. The third-order valence-corrected chi connectivity index (χ3v) is 7.27. The molecular weight excluding hydrogens is 376 g/mol. The molecule has 1 aliphatic rings. The van der Waals surface area contributed by atoms with Crippen LogP contribution >= 0.6 is 0 Å². The van der Waals surface area contributed by atoms with E-state index in [1.165, 1.54) is 7.11 Å². The number of ether oxygens (including phenoxy) is 1. The van der Waals surface area contributed by atoms with Crippen LogP contribution in [0.1, 0.15) is 43.9 Å². The number of rotatable bonds is 8. The Bertz CT molecular complexity index is 971. The summed E-state index contributed by atoms with van der Waals surface area (Å²) < 4.78 is 34.0. The predicted molar refractivity (Wildman–Crippen MR) is 109 cm³/mol. The fourth-order valence-electron chi connectivity index (χ4n) is 3.32. The van der Waals surface area contributed by atoms with Crippen LogP contribution in [0.15, 0.2) is 34.1 Å².